The second kappa shape index (κ2) is 9.37. The molecule has 0 heterocycles. The van der Waals surface area contributed by atoms with Gasteiger partial charge in [0, 0.05) is 32.6 Å². The number of amides is 1. The van der Waals surface area contributed by atoms with Crippen LogP contribution in [0, 0.1) is 0 Å². The van der Waals surface area contributed by atoms with Gasteiger partial charge in [-0.2, -0.15) is 0 Å². The molecule has 118 valence electrons. The Morgan fingerprint density at radius 3 is 2.71 bits per heavy atom. The van der Waals surface area contributed by atoms with Crippen LogP contribution in [0.15, 0.2) is 24.3 Å². The smallest absolute Gasteiger partial charge is 0.223 e. The summed E-state index contributed by atoms with van der Waals surface area (Å²) in [7, 11) is 1.60. The number of methoxy groups -OCH3 is 1. The number of aliphatic hydroxyl groups excluding tert-OH is 1. The molecular formula is C16H26N2O3. The van der Waals surface area contributed by atoms with Gasteiger partial charge in [0.15, 0.2) is 0 Å². The molecule has 1 aromatic rings. The maximum atomic E-state index is 11.8. The zero-order valence-electron chi connectivity index (χ0n) is 13.1. The second-order valence-corrected chi connectivity index (χ2v) is 4.81. The van der Waals surface area contributed by atoms with Crippen molar-refractivity contribution in [3.8, 4) is 5.75 Å². The van der Waals surface area contributed by atoms with Gasteiger partial charge in [0.25, 0.3) is 0 Å². The molecule has 0 aromatic heterocycles. The summed E-state index contributed by atoms with van der Waals surface area (Å²) in [5.41, 5.74) is 0.803. The molecule has 5 heteroatoms. The van der Waals surface area contributed by atoms with Gasteiger partial charge < -0.3 is 20.1 Å². The van der Waals surface area contributed by atoms with E-state index in [9.17, 15) is 9.90 Å². The molecular weight excluding hydrogens is 268 g/mol. The highest BCUT2D eigenvalue weighted by molar-refractivity contribution is 5.76. The molecule has 0 saturated carbocycles. The normalized spacial score (nSPS) is 12.0. The predicted octanol–water partition coefficient (Wildman–Crippen LogP) is 1.58. The molecule has 5 nitrogen and oxygen atoms in total. The van der Waals surface area contributed by atoms with Crippen LogP contribution >= 0.6 is 0 Å². The van der Waals surface area contributed by atoms with Crippen molar-refractivity contribution < 1.29 is 14.6 Å². The van der Waals surface area contributed by atoms with E-state index in [1.54, 1.807) is 12.0 Å². The number of nitrogens with one attached hydrogen (secondary N) is 1. The molecule has 0 spiro atoms. The summed E-state index contributed by atoms with van der Waals surface area (Å²) in [6.45, 7) is 6.40. The average molecular weight is 294 g/mol. The lowest BCUT2D eigenvalue weighted by Gasteiger charge is -2.19. The van der Waals surface area contributed by atoms with Gasteiger partial charge in [-0.05, 0) is 31.5 Å². The number of benzene rings is 1. The van der Waals surface area contributed by atoms with Crippen molar-refractivity contribution in [3.63, 3.8) is 0 Å². The Morgan fingerprint density at radius 2 is 2.10 bits per heavy atom. The van der Waals surface area contributed by atoms with E-state index in [0.717, 1.165) is 24.4 Å². The molecule has 0 aliphatic heterocycles. The number of hydrogen-bond acceptors (Lipinski definition) is 4. The van der Waals surface area contributed by atoms with Crippen LogP contribution in [0.1, 0.15) is 31.9 Å². The first-order chi connectivity index (χ1) is 10.1. The van der Waals surface area contributed by atoms with Gasteiger partial charge in [-0.25, -0.2) is 0 Å². The first kappa shape index (κ1) is 17.5. The van der Waals surface area contributed by atoms with Gasteiger partial charge in [0.05, 0.1) is 13.2 Å². The third-order valence-corrected chi connectivity index (χ3v) is 3.45. The van der Waals surface area contributed by atoms with E-state index < -0.39 is 6.10 Å². The average Bonchev–Trinajstić information content (AvgIpc) is 2.52. The monoisotopic (exact) mass is 294 g/mol. The van der Waals surface area contributed by atoms with Gasteiger partial charge in [-0.15, -0.1) is 0 Å². The number of ether oxygens (including phenoxy) is 1. The number of carbonyl (C=O) groups excluding carboxylic acids is 1. The van der Waals surface area contributed by atoms with E-state index in [4.69, 9.17) is 4.74 Å². The molecule has 21 heavy (non-hydrogen) atoms. The highest BCUT2D eigenvalue weighted by Gasteiger charge is 2.10. The first-order valence-electron chi connectivity index (χ1n) is 7.42. The quantitative estimate of drug-likeness (QED) is 0.679. The van der Waals surface area contributed by atoms with Crippen molar-refractivity contribution >= 4 is 5.91 Å². The topological polar surface area (TPSA) is 61.8 Å². The maximum absolute atomic E-state index is 11.8. The number of carbonyl (C=O) groups is 1. The van der Waals surface area contributed by atoms with Crippen LogP contribution in [0.5, 0.6) is 5.75 Å². The van der Waals surface area contributed by atoms with Crippen molar-refractivity contribution in [2.24, 2.45) is 0 Å². The Hall–Kier alpha value is -1.59. The minimum Gasteiger partial charge on any atom is -0.497 e. The highest BCUT2D eigenvalue weighted by Crippen LogP contribution is 2.18. The molecule has 2 N–H and O–H groups in total. The lowest BCUT2D eigenvalue weighted by molar-refractivity contribution is -0.130. The van der Waals surface area contributed by atoms with E-state index in [0.29, 0.717) is 19.5 Å². The molecule has 0 fully saturated rings. The van der Waals surface area contributed by atoms with E-state index in [1.165, 1.54) is 0 Å². The Morgan fingerprint density at radius 1 is 1.38 bits per heavy atom. The van der Waals surface area contributed by atoms with Gasteiger partial charge in [-0.1, -0.05) is 12.1 Å². The molecule has 1 aromatic carbocycles. The Kier molecular flexibility index (Phi) is 7.79. The van der Waals surface area contributed by atoms with Gasteiger partial charge in [0.2, 0.25) is 5.91 Å². The van der Waals surface area contributed by atoms with Crippen LogP contribution in [-0.2, 0) is 4.79 Å². The van der Waals surface area contributed by atoms with Gasteiger partial charge in [0.1, 0.15) is 5.75 Å². The van der Waals surface area contributed by atoms with Crippen molar-refractivity contribution in [2.45, 2.75) is 26.4 Å². The summed E-state index contributed by atoms with van der Waals surface area (Å²) in [4.78, 5) is 13.6. The lowest BCUT2D eigenvalue weighted by atomic mass is 10.1. The fourth-order valence-corrected chi connectivity index (χ4v) is 2.14. The maximum Gasteiger partial charge on any atom is 0.223 e. The molecule has 0 aliphatic carbocycles. The van der Waals surface area contributed by atoms with E-state index in [2.05, 4.69) is 5.32 Å². The molecule has 1 atom stereocenters. The summed E-state index contributed by atoms with van der Waals surface area (Å²) in [5.74, 6) is 0.867. The summed E-state index contributed by atoms with van der Waals surface area (Å²) < 4.78 is 5.13. The fraction of sp³-hybridized carbons (Fsp3) is 0.562. The summed E-state index contributed by atoms with van der Waals surface area (Å²) >= 11 is 0. The van der Waals surface area contributed by atoms with Crippen LogP contribution in [0.3, 0.4) is 0 Å². The Labute approximate surface area is 126 Å². The van der Waals surface area contributed by atoms with Crippen LogP contribution in [0.25, 0.3) is 0 Å². The third kappa shape index (κ3) is 5.73. The minimum absolute atomic E-state index is 0.142. The number of hydrogen-bond donors (Lipinski definition) is 2. The summed E-state index contributed by atoms with van der Waals surface area (Å²) in [5, 5.41) is 13.2. The fourth-order valence-electron chi connectivity index (χ4n) is 2.14. The zero-order valence-corrected chi connectivity index (χ0v) is 13.1. The molecule has 0 radical (unpaired) electrons. The van der Waals surface area contributed by atoms with Crippen molar-refractivity contribution in [2.75, 3.05) is 33.3 Å². The molecule has 0 saturated heterocycles. The van der Waals surface area contributed by atoms with E-state index in [1.807, 2.05) is 38.1 Å². The molecule has 1 rings (SSSR count). The van der Waals surface area contributed by atoms with Crippen molar-refractivity contribution in [1.29, 1.82) is 0 Å². The molecule has 1 amide bonds. The largest absolute Gasteiger partial charge is 0.497 e. The molecule has 1 unspecified atom stereocenters. The third-order valence-electron chi connectivity index (χ3n) is 3.45. The minimum atomic E-state index is -0.608. The van der Waals surface area contributed by atoms with E-state index in [-0.39, 0.29) is 5.91 Å². The van der Waals surface area contributed by atoms with Crippen LogP contribution in [0.2, 0.25) is 0 Å². The van der Waals surface area contributed by atoms with Crippen LogP contribution in [0.4, 0.5) is 0 Å². The predicted molar refractivity (Wildman–Crippen MR) is 83.4 cm³/mol. The standard InChI is InChI=1S/C16H26N2O3/c1-4-18(5-2)16(20)9-10-17-12-15(19)13-7-6-8-14(11-13)21-3/h6-8,11,15,17,19H,4-5,9-10,12H2,1-3H3. The van der Waals surface area contributed by atoms with Crippen molar-refractivity contribution in [3.05, 3.63) is 29.8 Å². The second-order valence-electron chi connectivity index (χ2n) is 4.81. The van der Waals surface area contributed by atoms with E-state index >= 15 is 0 Å². The Balaban J connectivity index is 2.33. The molecule has 0 bridgehead atoms. The number of nitrogens with zero attached hydrogens (tertiary/aromatic N) is 1. The van der Waals surface area contributed by atoms with Crippen LogP contribution in [-0.4, -0.2) is 49.2 Å². The number of aliphatic hydroxyl groups is 1. The summed E-state index contributed by atoms with van der Waals surface area (Å²) in [6.07, 6.45) is -0.157. The number of rotatable bonds is 9. The zero-order chi connectivity index (χ0) is 15.7. The van der Waals surface area contributed by atoms with Gasteiger partial charge >= 0.3 is 0 Å². The summed E-state index contributed by atoms with van der Waals surface area (Å²) in [6, 6.07) is 7.36. The van der Waals surface area contributed by atoms with Crippen LogP contribution < -0.4 is 10.1 Å². The van der Waals surface area contributed by atoms with Gasteiger partial charge in [-0.3, -0.25) is 4.79 Å². The van der Waals surface area contributed by atoms with Crippen molar-refractivity contribution in [1.82, 2.24) is 10.2 Å². The Bertz CT molecular complexity index is 433. The SMILES string of the molecule is CCN(CC)C(=O)CCNCC(O)c1cccc(OC)c1. The first-order valence-corrected chi connectivity index (χ1v) is 7.42. The molecule has 0 aliphatic rings. The lowest BCUT2D eigenvalue weighted by Crippen LogP contribution is -2.33. The highest BCUT2D eigenvalue weighted by atomic mass is 16.5.